The molecule has 1 unspecified atom stereocenters. The van der Waals surface area contributed by atoms with Crippen LogP contribution in [0, 0.1) is 12.8 Å². The molecule has 1 saturated carbocycles. The number of thiazole rings is 1. The van der Waals surface area contributed by atoms with Crippen molar-refractivity contribution in [1.82, 2.24) is 4.98 Å². The van der Waals surface area contributed by atoms with Crippen molar-refractivity contribution in [3.63, 3.8) is 0 Å². The second-order valence-corrected chi connectivity index (χ2v) is 10.1. The first-order valence-corrected chi connectivity index (χ1v) is 12.1. The number of rotatable bonds is 8. The minimum atomic E-state index is -0.251. The quantitative estimate of drug-likeness (QED) is 0.414. The van der Waals surface area contributed by atoms with Crippen molar-refractivity contribution >= 4 is 45.7 Å². The van der Waals surface area contributed by atoms with Crippen LogP contribution >= 0.6 is 23.1 Å². The number of hydrogen-bond acceptors (Lipinski definition) is 5. The van der Waals surface area contributed by atoms with Crippen molar-refractivity contribution in [2.75, 3.05) is 10.6 Å². The zero-order valence-electron chi connectivity index (χ0n) is 17.6. The molecule has 1 aliphatic carbocycles. The highest BCUT2D eigenvalue weighted by Crippen LogP contribution is 2.33. The highest BCUT2D eigenvalue weighted by atomic mass is 32.2. The van der Waals surface area contributed by atoms with Crippen LogP contribution in [0.5, 0.6) is 0 Å². The molecule has 1 fully saturated rings. The highest BCUT2D eigenvalue weighted by molar-refractivity contribution is 8.00. The molecule has 0 spiro atoms. The molecule has 2 N–H and O–H groups in total. The van der Waals surface area contributed by atoms with E-state index in [1.165, 1.54) is 23.1 Å². The fraction of sp³-hybridized carbons (Fsp3) is 0.292. The van der Waals surface area contributed by atoms with E-state index in [2.05, 4.69) is 15.6 Å². The van der Waals surface area contributed by atoms with Crippen LogP contribution in [0.4, 0.5) is 10.8 Å². The van der Waals surface area contributed by atoms with Crippen LogP contribution in [-0.2, 0) is 9.59 Å². The number of nitrogens with zero attached hydrogens (tertiary/aromatic N) is 1. The van der Waals surface area contributed by atoms with Crippen molar-refractivity contribution in [3.8, 4) is 11.3 Å². The number of aromatic nitrogens is 1. The zero-order chi connectivity index (χ0) is 21.8. The summed E-state index contributed by atoms with van der Waals surface area (Å²) in [5, 5.41) is 6.33. The molecule has 3 aromatic rings. The minimum Gasteiger partial charge on any atom is -0.326 e. The lowest BCUT2D eigenvalue weighted by molar-refractivity contribution is -0.117. The number of carbonyl (C=O) groups excluding carboxylic acids is 2. The summed E-state index contributed by atoms with van der Waals surface area (Å²) in [4.78, 5) is 31.6. The van der Waals surface area contributed by atoms with Crippen molar-refractivity contribution in [1.29, 1.82) is 0 Å². The van der Waals surface area contributed by atoms with E-state index >= 15 is 0 Å². The van der Waals surface area contributed by atoms with E-state index in [9.17, 15) is 9.59 Å². The third-order valence-electron chi connectivity index (χ3n) is 5.07. The van der Waals surface area contributed by atoms with Gasteiger partial charge in [0.2, 0.25) is 11.8 Å². The van der Waals surface area contributed by atoms with Crippen molar-refractivity contribution in [3.05, 3.63) is 59.5 Å². The molecule has 0 bridgehead atoms. The van der Waals surface area contributed by atoms with Gasteiger partial charge in [0.25, 0.3) is 0 Å². The monoisotopic (exact) mass is 451 g/mol. The molecule has 160 valence electrons. The molecular weight excluding hydrogens is 426 g/mol. The van der Waals surface area contributed by atoms with Crippen LogP contribution in [-0.4, -0.2) is 22.0 Å². The summed E-state index contributed by atoms with van der Waals surface area (Å²) in [6, 6.07) is 17.7. The number of carbonyl (C=O) groups is 2. The molecule has 0 saturated heterocycles. The SMILES string of the molecule is CCC(Sc1cccc(NC(=O)C2CC2)c1)C(=O)Nc1nc(-c2ccccc2)c(C)s1. The van der Waals surface area contributed by atoms with Crippen LogP contribution in [0.25, 0.3) is 11.3 Å². The Morgan fingerprint density at radius 3 is 2.61 bits per heavy atom. The Hall–Kier alpha value is -2.64. The molecule has 1 atom stereocenters. The lowest BCUT2D eigenvalue weighted by atomic mass is 10.1. The Balaban J connectivity index is 1.41. The predicted molar refractivity (Wildman–Crippen MR) is 129 cm³/mol. The lowest BCUT2D eigenvalue weighted by Crippen LogP contribution is -2.24. The first-order valence-electron chi connectivity index (χ1n) is 10.4. The molecule has 5 nitrogen and oxygen atoms in total. The molecule has 2 amide bonds. The summed E-state index contributed by atoms with van der Waals surface area (Å²) in [5.74, 6) is 0.182. The molecule has 31 heavy (non-hydrogen) atoms. The largest absolute Gasteiger partial charge is 0.326 e. The van der Waals surface area contributed by atoms with Crippen LogP contribution in [0.3, 0.4) is 0 Å². The number of thioether (sulfide) groups is 1. The number of amides is 2. The second kappa shape index (κ2) is 9.66. The second-order valence-electron chi connectivity index (χ2n) is 7.59. The van der Waals surface area contributed by atoms with Crippen LogP contribution in [0.15, 0.2) is 59.5 Å². The number of benzene rings is 2. The average Bonchev–Trinajstić information content (AvgIpc) is 3.56. The van der Waals surface area contributed by atoms with E-state index in [1.54, 1.807) is 0 Å². The summed E-state index contributed by atoms with van der Waals surface area (Å²) >= 11 is 2.99. The van der Waals surface area contributed by atoms with Gasteiger partial charge in [0.1, 0.15) is 0 Å². The van der Waals surface area contributed by atoms with Gasteiger partial charge in [0.15, 0.2) is 5.13 Å². The summed E-state index contributed by atoms with van der Waals surface area (Å²) in [6.45, 7) is 4.02. The van der Waals surface area contributed by atoms with Gasteiger partial charge < -0.3 is 10.6 Å². The first-order chi connectivity index (χ1) is 15.0. The van der Waals surface area contributed by atoms with Gasteiger partial charge in [-0.3, -0.25) is 9.59 Å². The van der Waals surface area contributed by atoms with Gasteiger partial charge in [-0.2, -0.15) is 0 Å². The van der Waals surface area contributed by atoms with Gasteiger partial charge in [0, 0.05) is 26.9 Å². The molecule has 2 aromatic carbocycles. The van der Waals surface area contributed by atoms with Gasteiger partial charge in [-0.15, -0.1) is 23.1 Å². The fourth-order valence-corrected chi connectivity index (χ4v) is 5.08. The minimum absolute atomic E-state index is 0.0618. The molecule has 1 aromatic heterocycles. The van der Waals surface area contributed by atoms with Crippen molar-refractivity contribution in [2.24, 2.45) is 5.92 Å². The van der Waals surface area contributed by atoms with Crippen molar-refractivity contribution < 1.29 is 9.59 Å². The van der Waals surface area contributed by atoms with Crippen molar-refractivity contribution in [2.45, 2.75) is 43.3 Å². The van der Waals surface area contributed by atoms with Crippen LogP contribution in [0.1, 0.15) is 31.1 Å². The summed E-state index contributed by atoms with van der Waals surface area (Å²) in [5.41, 5.74) is 2.73. The fourth-order valence-electron chi connectivity index (χ4n) is 3.22. The molecule has 7 heteroatoms. The Morgan fingerprint density at radius 1 is 1.13 bits per heavy atom. The molecule has 4 rings (SSSR count). The number of hydrogen-bond donors (Lipinski definition) is 2. The molecule has 1 heterocycles. The molecular formula is C24H25N3O2S2. The van der Waals surface area contributed by atoms with Gasteiger partial charge in [-0.1, -0.05) is 43.3 Å². The van der Waals surface area contributed by atoms with Gasteiger partial charge >= 0.3 is 0 Å². The number of anilines is 2. The van der Waals surface area contributed by atoms with E-state index < -0.39 is 0 Å². The molecule has 0 radical (unpaired) electrons. The maximum atomic E-state index is 12.9. The molecule has 0 aliphatic heterocycles. The van der Waals surface area contributed by atoms with E-state index in [0.717, 1.165) is 39.6 Å². The van der Waals surface area contributed by atoms with E-state index in [0.29, 0.717) is 11.6 Å². The summed E-state index contributed by atoms with van der Waals surface area (Å²) < 4.78 is 0. The molecule has 1 aliphatic rings. The Morgan fingerprint density at radius 2 is 1.90 bits per heavy atom. The Bertz CT molecular complexity index is 1080. The van der Waals surface area contributed by atoms with Gasteiger partial charge in [0.05, 0.1) is 10.9 Å². The standard InChI is InChI=1S/C24H25N3O2S2/c1-3-20(31-19-11-7-10-18(14-19)25-22(28)17-12-13-17)23(29)27-24-26-21(15(2)30-24)16-8-5-4-6-9-16/h4-11,14,17,20H,3,12-13H2,1-2H3,(H,25,28)(H,26,27,29). The maximum absolute atomic E-state index is 12.9. The smallest absolute Gasteiger partial charge is 0.239 e. The third kappa shape index (κ3) is 5.54. The Kier molecular flexibility index (Phi) is 6.73. The summed E-state index contributed by atoms with van der Waals surface area (Å²) in [7, 11) is 0. The van der Waals surface area contributed by atoms with Crippen LogP contribution < -0.4 is 10.6 Å². The number of aryl methyl sites for hydroxylation is 1. The van der Waals surface area contributed by atoms with E-state index in [1.807, 2.05) is 68.4 Å². The zero-order valence-corrected chi connectivity index (χ0v) is 19.2. The van der Waals surface area contributed by atoms with Gasteiger partial charge in [-0.05, 0) is 44.4 Å². The summed E-state index contributed by atoms with van der Waals surface area (Å²) in [6.07, 6.45) is 2.63. The maximum Gasteiger partial charge on any atom is 0.239 e. The predicted octanol–water partition coefficient (Wildman–Crippen LogP) is 5.98. The lowest BCUT2D eigenvalue weighted by Gasteiger charge is -2.14. The van der Waals surface area contributed by atoms with E-state index in [4.69, 9.17) is 0 Å². The Labute approximate surface area is 190 Å². The van der Waals surface area contributed by atoms with E-state index in [-0.39, 0.29) is 23.0 Å². The van der Waals surface area contributed by atoms with Crippen LogP contribution in [0.2, 0.25) is 0 Å². The first kappa shape index (κ1) is 21.6. The topological polar surface area (TPSA) is 71.1 Å². The third-order valence-corrected chi connectivity index (χ3v) is 7.31. The average molecular weight is 452 g/mol. The number of nitrogens with one attached hydrogen (secondary N) is 2. The van der Waals surface area contributed by atoms with Gasteiger partial charge in [-0.25, -0.2) is 4.98 Å². The highest BCUT2D eigenvalue weighted by Gasteiger charge is 2.29. The normalized spacial score (nSPS) is 14.1.